The number of alkyl halides is 13. The normalized spacial score (nSPS) is 15.2. The fourth-order valence-corrected chi connectivity index (χ4v) is 2.56. The van der Waals surface area contributed by atoms with Gasteiger partial charge in [0.2, 0.25) is 0 Å². The molecular formula is C16H13F13N4O4-2. The molecule has 1 unspecified atom stereocenters. The number of nitrogens with zero attached hydrogens (tertiary/aromatic N) is 3. The zero-order chi connectivity index (χ0) is 29.4. The average Bonchev–Trinajstić information content (AvgIpc) is 2.74. The molecule has 0 bridgehead atoms. The Kier molecular flexibility index (Phi) is 8.87. The first-order chi connectivity index (χ1) is 16.4. The van der Waals surface area contributed by atoms with Crippen LogP contribution in [-0.4, -0.2) is 52.4 Å². The highest BCUT2D eigenvalue weighted by Gasteiger charge is 2.91. The van der Waals surface area contributed by atoms with Crippen LogP contribution in [0.5, 0.6) is 0 Å². The van der Waals surface area contributed by atoms with E-state index in [1.54, 1.807) is 5.43 Å². The molecule has 0 spiro atoms. The van der Waals surface area contributed by atoms with Crippen LogP contribution >= 0.6 is 0 Å². The molecule has 1 rings (SSSR count). The Morgan fingerprint density at radius 2 is 1.35 bits per heavy atom. The molecule has 1 atom stereocenters. The van der Waals surface area contributed by atoms with Crippen LogP contribution in [0.2, 0.25) is 0 Å². The molecular weight excluding hydrogens is 559 g/mol. The summed E-state index contributed by atoms with van der Waals surface area (Å²) in [7, 11) is 0. The first-order valence-electron chi connectivity index (χ1n) is 9.13. The van der Waals surface area contributed by atoms with Gasteiger partial charge in [0.05, 0.1) is 11.6 Å². The van der Waals surface area contributed by atoms with Crippen molar-refractivity contribution < 1.29 is 67.5 Å². The van der Waals surface area contributed by atoms with Crippen LogP contribution in [0.25, 0.3) is 0 Å². The van der Waals surface area contributed by atoms with Gasteiger partial charge in [-0.1, -0.05) is 6.92 Å². The summed E-state index contributed by atoms with van der Waals surface area (Å²) in [5.74, 6) is -41.1. The molecule has 0 saturated heterocycles. The van der Waals surface area contributed by atoms with Gasteiger partial charge >= 0.3 is 35.8 Å². The summed E-state index contributed by atoms with van der Waals surface area (Å²) in [6.45, 7) is 0.571. The predicted molar refractivity (Wildman–Crippen MR) is 98.4 cm³/mol. The van der Waals surface area contributed by atoms with Crippen molar-refractivity contribution in [2.75, 3.05) is 15.9 Å². The topological polar surface area (TPSA) is 117 Å². The lowest BCUT2D eigenvalue weighted by Gasteiger charge is -2.41. The average molecular weight is 572 g/mol. The van der Waals surface area contributed by atoms with Gasteiger partial charge in [-0.05, 0) is 24.6 Å². The molecule has 0 fully saturated rings. The minimum absolute atomic E-state index is 0.339. The van der Waals surface area contributed by atoms with Crippen molar-refractivity contribution in [3.05, 3.63) is 28.6 Å². The highest BCUT2D eigenvalue weighted by atomic mass is 19.4. The second-order valence-corrected chi connectivity index (χ2v) is 7.07. The molecule has 0 aliphatic carbocycles. The quantitative estimate of drug-likeness (QED) is 0.163. The van der Waals surface area contributed by atoms with E-state index in [-0.39, 0.29) is 6.21 Å². The van der Waals surface area contributed by atoms with E-state index in [9.17, 15) is 67.5 Å². The van der Waals surface area contributed by atoms with Crippen molar-refractivity contribution >= 4 is 23.3 Å². The molecule has 0 aliphatic heterocycles. The van der Waals surface area contributed by atoms with E-state index >= 15 is 0 Å². The largest absolute Gasteiger partial charge is 0.769 e. The van der Waals surface area contributed by atoms with E-state index in [1.165, 1.54) is 0 Å². The molecule has 3 N–H and O–H groups in total. The third kappa shape index (κ3) is 5.43. The molecule has 0 radical (unpaired) electrons. The smallest absolute Gasteiger partial charge is 0.460 e. The van der Waals surface area contributed by atoms with Crippen LogP contribution in [0.15, 0.2) is 23.3 Å². The number of anilines is 3. The zero-order valence-electron chi connectivity index (χ0n) is 17.6. The van der Waals surface area contributed by atoms with Gasteiger partial charge in [0.15, 0.2) is 0 Å². The Bertz CT molecular complexity index is 970. The van der Waals surface area contributed by atoms with Gasteiger partial charge in [-0.2, -0.15) is 62.2 Å². The maximum atomic E-state index is 14.3. The second kappa shape index (κ2) is 10.2. The summed E-state index contributed by atoms with van der Waals surface area (Å²) in [6.07, 6.45) is -9.23. The van der Waals surface area contributed by atoms with Gasteiger partial charge in [-0.15, -0.1) is 5.23 Å². The number of nitrogens with one attached hydrogen (secondary N) is 1. The molecule has 8 nitrogen and oxygen atoms in total. The van der Waals surface area contributed by atoms with Crippen LogP contribution in [-0.2, 0) is 0 Å². The summed E-state index contributed by atoms with van der Waals surface area (Å²) in [6, 6.07) is 1.79. The summed E-state index contributed by atoms with van der Waals surface area (Å²) in [4.78, 5) is 0. The van der Waals surface area contributed by atoms with Gasteiger partial charge in [0.25, 0.3) is 0 Å². The van der Waals surface area contributed by atoms with Crippen molar-refractivity contribution in [3.8, 4) is 0 Å². The number of benzene rings is 1. The minimum Gasteiger partial charge on any atom is -0.769 e. The van der Waals surface area contributed by atoms with E-state index in [2.05, 4.69) is 5.10 Å². The lowest BCUT2D eigenvalue weighted by atomic mass is 9.86. The number of rotatable bonds is 11. The van der Waals surface area contributed by atoms with Crippen LogP contribution in [0.4, 0.5) is 74.1 Å². The zero-order valence-corrected chi connectivity index (χ0v) is 17.6. The number of hydrogen-bond donors (Lipinski definition) is 3. The van der Waals surface area contributed by atoms with E-state index < -0.39 is 75.6 Å². The van der Waals surface area contributed by atoms with E-state index in [1.807, 2.05) is 0 Å². The Morgan fingerprint density at radius 3 is 1.76 bits per heavy atom. The van der Waals surface area contributed by atoms with Crippen LogP contribution in [0.3, 0.4) is 0 Å². The molecule has 0 heterocycles. The van der Waals surface area contributed by atoms with Crippen LogP contribution in [0, 0.1) is 16.3 Å². The summed E-state index contributed by atoms with van der Waals surface area (Å²) in [5, 5.41) is 40.6. The predicted octanol–water partition coefficient (Wildman–Crippen LogP) is 6.24. The van der Waals surface area contributed by atoms with E-state index in [4.69, 9.17) is 10.4 Å². The Hall–Kier alpha value is -2.78. The van der Waals surface area contributed by atoms with Crippen LogP contribution < -0.4 is 15.9 Å². The lowest BCUT2D eigenvalue weighted by molar-refractivity contribution is -0.441. The maximum absolute atomic E-state index is 14.3. The molecule has 1 aromatic carbocycles. The van der Waals surface area contributed by atoms with Crippen molar-refractivity contribution in [2.24, 2.45) is 11.0 Å². The first-order valence-corrected chi connectivity index (χ1v) is 9.13. The van der Waals surface area contributed by atoms with Gasteiger partial charge < -0.3 is 15.6 Å². The Morgan fingerprint density at radius 1 is 0.865 bits per heavy atom. The maximum Gasteiger partial charge on any atom is 0.460 e. The van der Waals surface area contributed by atoms with Crippen molar-refractivity contribution in [1.82, 2.24) is 0 Å². The standard InChI is InChI=1S/C16H13F13N4O4/c1-2-7(6-30-31-9-4-3-8(32(34)35)5-10(9)33(36)37)11(17,18)12(19,20)13(21,22)14(23,24)15(25,26)16(27,28)29/h3-7,31,36-37H,2H2,1H3/q-2. The molecule has 0 aromatic heterocycles. The fraction of sp³-hybridized carbons (Fsp3) is 0.562. The van der Waals surface area contributed by atoms with Crippen molar-refractivity contribution in [2.45, 2.75) is 49.1 Å². The van der Waals surface area contributed by atoms with Gasteiger partial charge in [-0.3, -0.25) is 15.8 Å². The van der Waals surface area contributed by atoms with Gasteiger partial charge in [0, 0.05) is 11.9 Å². The second-order valence-electron chi connectivity index (χ2n) is 7.07. The third-order valence-corrected chi connectivity index (χ3v) is 4.71. The molecule has 21 heteroatoms. The van der Waals surface area contributed by atoms with Gasteiger partial charge in [0.1, 0.15) is 5.69 Å². The summed E-state index contributed by atoms with van der Waals surface area (Å²) >= 11 is 0. The SMILES string of the molecule is CCC(C=NNc1ccc(N([O-])[O-])cc1N(O)O)C(F)(F)C(F)(F)C(F)(F)C(F)(F)C(F)(F)C(F)(F)F. The number of hydrogen-bond acceptors (Lipinski definition) is 8. The highest BCUT2D eigenvalue weighted by Crippen LogP contribution is 2.61. The molecule has 214 valence electrons. The highest BCUT2D eigenvalue weighted by molar-refractivity contribution is 5.75. The summed E-state index contributed by atoms with van der Waals surface area (Å²) in [5.41, 5.74) is -0.692. The number of halogens is 13. The third-order valence-electron chi connectivity index (χ3n) is 4.71. The molecule has 0 aliphatic rings. The van der Waals surface area contributed by atoms with Crippen molar-refractivity contribution in [3.63, 3.8) is 0 Å². The van der Waals surface area contributed by atoms with Gasteiger partial charge in [-0.25, -0.2) is 0 Å². The molecule has 0 amide bonds. The Labute approximate surface area is 196 Å². The monoisotopic (exact) mass is 572 g/mol. The lowest BCUT2D eigenvalue weighted by Crippen LogP contribution is -2.71. The van der Waals surface area contributed by atoms with Crippen molar-refractivity contribution in [1.29, 1.82) is 0 Å². The first kappa shape index (κ1) is 32.2. The fourth-order valence-electron chi connectivity index (χ4n) is 2.56. The van der Waals surface area contributed by atoms with E-state index in [0.717, 1.165) is 0 Å². The summed E-state index contributed by atoms with van der Waals surface area (Å²) < 4.78 is 173. The molecule has 0 saturated carbocycles. The molecule has 1 aromatic rings. The van der Waals surface area contributed by atoms with E-state index in [0.29, 0.717) is 25.1 Å². The number of hydrazone groups is 1. The minimum atomic E-state index is -8.04. The molecule has 37 heavy (non-hydrogen) atoms. The van der Waals surface area contributed by atoms with Crippen LogP contribution in [0.1, 0.15) is 13.3 Å². The Balaban J connectivity index is 3.39.